The number of nitro benzene ring substituents is 1. The van der Waals surface area contributed by atoms with Gasteiger partial charge in [0.15, 0.2) is 0 Å². The van der Waals surface area contributed by atoms with Gasteiger partial charge in [-0.05, 0) is 22.8 Å². The minimum Gasteiger partial charge on any atom is -0.305 e. The minimum atomic E-state index is -0.480. The molecule has 0 fully saturated rings. The maximum absolute atomic E-state index is 12.2. The van der Waals surface area contributed by atoms with Gasteiger partial charge in [-0.3, -0.25) is 14.9 Å². The molecular formula is C22H15N3O3. The smallest absolute Gasteiger partial charge is 0.275 e. The van der Waals surface area contributed by atoms with Gasteiger partial charge >= 0.3 is 0 Å². The summed E-state index contributed by atoms with van der Waals surface area (Å²) in [5.41, 5.74) is 3.74. The molecule has 0 radical (unpaired) electrons. The van der Waals surface area contributed by atoms with Crippen LogP contribution in [0.1, 0.15) is 11.1 Å². The van der Waals surface area contributed by atoms with Gasteiger partial charge in [-0.25, -0.2) is 4.99 Å². The lowest BCUT2D eigenvalue weighted by Gasteiger charge is -2.02. The molecule has 1 heterocycles. The first kappa shape index (κ1) is 17.4. The Morgan fingerprint density at radius 1 is 0.857 bits per heavy atom. The molecule has 0 saturated carbocycles. The molecule has 0 atom stereocenters. The van der Waals surface area contributed by atoms with Crippen molar-refractivity contribution >= 4 is 23.5 Å². The van der Waals surface area contributed by atoms with Crippen molar-refractivity contribution in [1.29, 1.82) is 0 Å². The standard InChI is InChI=1S/C22H15N3O3/c26-22-20(23-21(24-22)18-7-4-8-19(14-18)25(27)28)13-15-9-11-17(12-10-15)16-5-2-1-3-6-16/h1-14H,(H,23,24,26)/b20-13-. The number of hydrogen-bond donors (Lipinski definition) is 1. The largest absolute Gasteiger partial charge is 0.305 e. The third-order valence-electron chi connectivity index (χ3n) is 4.35. The SMILES string of the molecule is O=C1NC(c2cccc([N+](=O)[O-])c2)=N/C1=C\c1ccc(-c2ccccc2)cc1. The van der Waals surface area contributed by atoms with Crippen molar-refractivity contribution in [2.45, 2.75) is 0 Å². The van der Waals surface area contributed by atoms with Crippen LogP contribution in [0, 0.1) is 10.1 Å². The Morgan fingerprint density at radius 2 is 1.54 bits per heavy atom. The predicted molar refractivity (Wildman–Crippen MR) is 108 cm³/mol. The van der Waals surface area contributed by atoms with Crippen LogP contribution in [-0.4, -0.2) is 16.7 Å². The van der Waals surface area contributed by atoms with Gasteiger partial charge in [-0.1, -0.05) is 66.7 Å². The van der Waals surface area contributed by atoms with E-state index in [9.17, 15) is 14.9 Å². The molecule has 6 heteroatoms. The molecule has 0 bridgehead atoms. The molecule has 3 aromatic carbocycles. The molecule has 4 rings (SSSR count). The monoisotopic (exact) mass is 369 g/mol. The number of non-ortho nitro benzene ring substituents is 1. The van der Waals surface area contributed by atoms with Crippen LogP contribution in [0.4, 0.5) is 5.69 Å². The van der Waals surface area contributed by atoms with E-state index in [1.807, 2.05) is 54.6 Å². The van der Waals surface area contributed by atoms with Crippen molar-refractivity contribution in [3.05, 3.63) is 106 Å². The lowest BCUT2D eigenvalue weighted by Crippen LogP contribution is -2.24. The molecule has 136 valence electrons. The first-order valence-corrected chi connectivity index (χ1v) is 8.62. The Bertz CT molecular complexity index is 1120. The topological polar surface area (TPSA) is 84.6 Å². The molecule has 0 saturated heterocycles. The van der Waals surface area contributed by atoms with E-state index in [0.717, 1.165) is 16.7 Å². The fraction of sp³-hybridized carbons (Fsp3) is 0. The lowest BCUT2D eigenvalue weighted by molar-refractivity contribution is -0.384. The van der Waals surface area contributed by atoms with E-state index in [0.29, 0.717) is 11.4 Å². The van der Waals surface area contributed by atoms with Gasteiger partial charge in [0.2, 0.25) is 0 Å². The molecule has 1 aliphatic rings. The second-order valence-corrected chi connectivity index (χ2v) is 6.24. The summed E-state index contributed by atoms with van der Waals surface area (Å²) in [7, 11) is 0. The summed E-state index contributed by atoms with van der Waals surface area (Å²) in [6, 6.07) is 23.8. The molecule has 3 aromatic rings. The van der Waals surface area contributed by atoms with Gasteiger partial charge in [0.1, 0.15) is 11.5 Å². The zero-order valence-electron chi connectivity index (χ0n) is 14.7. The van der Waals surface area contributed by atoms with Crippen LogP contribution in [0.2, 0.25) is 0 Å². The number of rotatable bonds is 4. The van der Waals surface area contributed by atoms with Crippen molar-refractivity contribution in [2.24, 2.45) is 4.99 Å². The average molecular weight is 369 g/mol. The number of carbonyl (C=O) groups excluding carboxylic acids is 1. The van der Waals surface area contributed by atoms with Gasteiger partial charge in [0.25, 0.3) is 11.6 Å². The van der Waals surface area contributed by atoms with Crippen LogP contribution in [0.25, 0.3) is 17.2 Å². The zero-order valence-corrected chi connectivity index (χ0v) is 14.7. The van der Waals surface area contributed by atoms with Crippen LogP contribution >= 0.6 is 0 Å². The fourth-order valence-corrected chi connectivity index (χ4v) is 2.93. The minimum absolute atomic E-state index is 0.0524. The van der Waals surface area contributed by atoms with Gasteiger partial charge in [0.05, 0.1) is 4.92 Å². The summed E-state index contributed by atoms with van der Waals surface area (Å²) in [6.07, 6.45) is 1.69. The summed E-state index contributed by atoms with van der Waals surface area (Å²) in [5, 5.41) is 13.6. The summed E-state index contributed by atoms with van der Waals surface area (Å²) in [5.74, 6) is -0.0329. The van der Waals surface area contributed by atoms with Gasteiger partial charge in [-0.15, -0.1) is 0 Å². The molecule has 28 heavy (non-hydrogen) atoms. The summed E-state index contributed by atoms with van der Waals surface area (Å²) < 4.78 is 0. The Hall–Kier alpha value is -4.06. The highest BCUT2D eigenvalue weighted by molar-refractivity contribution is 6.19. The normalized spacial score (nSPS) is 14.6. The van der Waals surface area contributed by atoms with Crippen molar-refractivity contribution in [3.63, 3.8) is 0 Å². The Morgan fingerprint density at radius 3 is 2.25 bits per heavy atom. The molecule has 1 amide bonds. The highest BCUT2D eigenvalue weighted by Crippen LogP contribution is 2.22. The number of nitrogens with zero attached hydrogens (tertiary/aromatic N) is 2. The second kappa shape index (κ2) is 7.28. The molecule has 6 nitrogen and oxygen atoms in total. The molecule has 0 aliphatic carbocycles. The van der Waals surface area contributed by atoms with Crippen molar-refractivity contribution < 1.29 is 9.72 Å². The Kier molecular flexibility index (Phi) is 4.51. The number of benzene rings is 3. The van der Waals surface area contributed by atoms with E-state index >= 15 is 0 Å². The van der Waals surface area contributed by atoms with E-state index in [2.05, 4.69) is 10.3 Å². The molecule has 1 aliphatic heterocycles. The number of amides is 1. The van der Waals surface area contributed by atoms with E-state index in [1.54, 1.807) is 18.2 Å². The first-order valence-electron chi connectivity index (χ1n) is 8.62. The second-order valence-electron chi connectivity index (χ2n) is 6.24. The fourth-order valence-electron chi connectivity index (χ4n) is 2.93. The summed E-state index contributed by atoms with van der Waals surface area (Å²) >= 11 is 0. The maximum atomic E-state index is 12.2. The number of nitrogens with one attached hydrogen (secondary N) is 1. The predicted octanol–water partition coefficient (Wildman–Crippen LogP) is 4.18. The van der Waals surface area contributed by atoms with Crippen molar-refractivity contribution in [1.82, 2.24) is 5.32 Å². The highest BCUT2D eigenvalue weighted by atomic mass is 16.6. The van der Waals surface area contributed by atoms with E-state index < -0.39 is 4.92 Å². The van der Waals surface area contributed by atoms with Crippen LogP contribution in [0.3, 0.4) is 0 Å². The summed E-state index contributed by atoms with van der Waals surface area (Å²) in [4.78, 5) is 27.0. The number of hydrogen-bond acceptors (Lipinski definition) is 4. The number of aliphatic imine (C=N–C) groups is 1. The highest BCUT2D eigenvalue weighted by Gasteiger charge is 2.22. The Labute approximate surface area is 161 Å². The molecule has 1 N–H and O–H groups in total. The van der Waals surface area contributed by atoms with Gasteiger partial charge in [0, 0.05) is 17.7 Å². The molecule has 0 spiro atoms. The summed E-state index contributed by atoms with van der Waals surface area (Å²) in [6.45, 7) is 0. The van der Waals surface area contributed by atoms with Crippen LogP contribution < -0.4 is 5.32 Å². The van der Waals surface area contributed by atoms with Crippen LogP contribution in [0.5, 0.6) is 0 Å². The average Bonchev–Trinajstić information content (AvgIpc) is 3.10. The third-order valence-corrected chi connectivity index (χ3v) is 4.35. The quantitative estimate of drug-likeness (QED) is 0.425. The zero-order chi connectivity index (χ0) is 19.5. The van der Waals surface area contributed by atoms with Crippen LogP contribution in [-0.2, 0) is 4.79 Å². The third kappa shape index (κ3) is 3.57. The van der Waals surface area contributed by atoms with Gasteiger partial charge < -0.3 is 5.32 Å². The van der Waals surface area contributed by atoms with E-state index in [4.69, 9.17) is 0 Å². The number of carbonyl (C=O) groups is 1. The van der Waals surface area contributed by atoms with E-state index in [-0.39, 0.29) is 17.3 Å². The molecule has 0 unspecified atom stereocenters. The van der Waals surface area contributed by atoms with Crippen molar-refractivity contribution in [2.75, 3.05) is 0 Å². The van der Waals surface area contributed by atoms with Gasteiger partial charge in [-0.2, -0.15) is 0 Å². The van der Waals surface area contributed by atoms with Crippen molar-refractivity contribution in [3.8, 4) is 11.1 Å². The Balaban J connectivity index is 1.60. The first-order chi connectivity index (χ1) is 13.6. The number of nitro groups is 1. The van der Waals surface area contributed by atoms with E-state index in [1.165, 1.54) is 12.1 Å². The molecule has 0 aromatic heterocycles. The number of amidine groups is 1. The van der Waals surface area contributed by atoms with Crippen LogP contribution in [0.15, 0.2) is 89.6 Å². The molecular weight excluding hydrogens is 354 g/mol. The maximum Gasteiger partial charge on any atom is 0.275 e. The lowest BCUT2D eigenvalue weighted by atomic mass is 10.0.